The van der Waals surface area contributed by atoms with E-state index in [-0.39, 0.29) is 54.3 Å². The van der Waals surface area contributed by atoms with Gasteiger partial charge in [-0.1, -0.05) is 90.6 Å². The molecule has 0 unspecified atom stereocenters. The minimum Gasteiger partial charge on any atom is -0.512 e. The molecular weight excluding hydrogens is 823 g/mol. The molecule has 0 amide bonds. The molecule has 0 spiro atoms. The number of aliphatic hydroxyl groups is 1. The van der Waals surface area contributed by atoms with Crippen molar-refractivity contribution in [2.24, 2.45) is 11.8 Å². The monoisotopic (exact) mass is 879 g/mol. The molecular formula is C46H56IrNO2S-. The fourth-order valence-electron chi connectivity index (χ4n) is 8.25. The number of aliphatic hydroxyl groups excluding tert-OH is 1. The SMILES string of the molecule is CCC(CC)C(=O)/C=C(\O)C(CC)CC.Cc1cc2c(c3sc4c(-c5[c-]c6ccccc6c(C6CC6)c5)nccc4c13)C(C)(C)CCC2(C)C.[Ir]. The number of aryl methyl sites for hydroxylation is 1. The average Bonchev–Trinajstić information content (AvgIpc) is 3.86. The average molecular weight is 879 g/mol. The number of hydrogen-bond donors (Lipinski definition) is 1. The van der Waals surface area contributed by atoms with Crippen molar-refractivity contribution in [3.63, 3.8) is 0 Å². The molecule has 2 aliphatic rings. The minimum absolute atomic E-state index is 0. The van der Waals surface area contributed by atoms with Gasteiger partial charge in [0.05, 0.1) is 5.76 Å². The molecule has 2 aromatic heterocycles. The molecule has 3 nitrogen and oxygen atoms in total. The van der Waals surface area contributed by atoms with E-state index in [2.05, 4.69) is 83.1 Å². The van der Waals surface area contributed by atoms with Crippen LogP contribution in [0, 0.1) is 24.8 Å². The molecule has 3 aromatic carbocycles. The van der Waals surface area contributed by atoms with Crippen LogP contribution in [0.5, 0.6) is 0 Å². The van der Waals surface area contributed by atoms with Gasteiger partial charge in [0.1, 0.15) is 0 Å². The van der Waals surface area contributed by atoms with Crippen molar-refractivity contribution in [3.8, 4) is 11.3 Å². The zero-order valence-corrected chi connectivity index (χ0v) is 35.3. The number of allylic oxidation sites excluding steroid dienone is 2. The summed E-state index contributed by atoms with van der Waals surface area (Å²) in [7, 11) is 0. The number of pyridine rings is 1. The molecule has 2 heterocycles. The normalized spacial score (nSPS) is 16.6. The number of aromatic nitrogens is 1. The number of carbonyl (C=O) groups excluding carboxylic acids is 1. The zero-order valence-electron chi connectivity index (χ0n) is 32.1. The fraction of sp³-hybridized carbons (Fsp3) is 0.478. The molecule has 51 heavy (non-hydrogen) atoms. The molecule has 0 aliphatic heterocycles. The molecule has 273 valence electrons. The van der Waals surface area contributed by atoms with Crippen LogP contribution in [-0.2, 0) is 35.7 Å². The molecule has 1 radical (unpaired) electrons. The third kappa shape index (κ3) is 7.64. The predicted molar refractivity (Wildman–Crippen MR) is 215 cm³/mol. The first kappa shape index (κ1) is 39.4. The summed E-state index contributed by atoms with van der Waals surface area (Å²) >= 11 is 1.97. The Morgan fingerprint density at radius 2 is 1.57 bits per heavy atom. The van der Waals surface area contributed by atoms with E-state index in [4.69, 9.17) is 4.98 Å². The number of rotatable bonds is 9. The Kier molecular flexibility index (Phi) is 12.1. The van der Waals surface area contributed by atoms with Gasteiger partial charge in [-0.05, 0) is 103 Å². The molecule has 0 bridgehead atoms. The smallest absolute Gasteiger partial charge is 0.162 e. The summed E-state index contributed by atoms with van der Waals surface area (Å²) in [6.07, 6.45) is 12.0. The molecule has 7 rings (SSSR count). The fourth-order valence-corrected chi connectivity index (χ4v) is 9.86. The molecule has 2 aliphatic carbocycles. The molecule has 5 heteroatoms. The second-order valence-electron chi connectivity index (χ2n) is 16.2. The van der Waals surface area contributed by atoms with E-state index in [1.54, 1.807) is 11.1 Å². The number of thiophene rings is 1. The summed E-state index contributed by atoms with van der Waals surface area (Å²) in [5, 5.41) is 15.1. The summed E-state index contributed by atoms with van der Waals surface area (Å²) in [6.45, 7) is 20.1. The Morgan fingerprint density at radius 1 is 0.922 bits per heavy atom. The summed E-state index contributed by atoms with van der Waals surface area (Å²) in [5.41, 5.74) is 8.63. The predicted octanol–water partition coefficient (Wildman–Crippen LogP) is 13.5. The largest absolute Gasteiger partial charge is 0.512 e. The van der Waals surface area contributed by atoms with Gasteiger partial charge in [-0.15, -0.1) is 40.5 Å². The van der Waals surface area contributed by atoms with Gasteiger partial charge in [0.25, 0.3) is 0 Å². The van der Waals surface area contributed by atoms with E-state index >= 15 is 0 Å². The third-order valence-electron chi connectivity index (χ3n) is 11.8. The number of benzene rings is 3. The second-order valence-corrected chi connectivity index (χ2v) is 17.2. The minimum atomic E-state index is 0. The van der Waals surface area contributed by atoms with E-state index in [0.29, 0.717) is 5.92 Å². The van der Waals surface area contributed by atoms with Crippen molar-refractivity contribution in [1.29, 1.82) is 0 Å². The quantitative estimate of drug-likeness (QED) is 0.0912. The number of ketones is 1. The van der Waals surface area contributed by atoms with Crippen LogP contribution in [0.25, 0.3) is 42.2 Å². The number of carbonyl (C=O) groups is 1. The van der Waals surface area contributed by atoms with E-state index in [9.17, 15) is 9.90 Å². The summed E-state index contributed by atoms with van der Waals surface area (Å²) in [6, 6.07) is 19.6. The molecule has 5 aromatic rings. The summed E-state index contributed by atoms with van der Waals surface area (Å²) < 4.78 is 2.79. The van der Waals surface area contributed by atoms with Crippen LogP contribution in [0.1, 0.15) is 135 Å². The Labute approximate surface area is 323 Å². The standard InChI is InChI=1S/C33H32NS.C13H24O2.Ir/c1-19-16-26-28(33(4,5)14-13-32(26,2)3)31-27(19)24-12-15-34-29(30(24)35-31)22-17-21-8-6-7-9-23(21)25(18-22)20-10-11-20;1-5-10(6-2)12(14)9-13(15)11(7-3)8-4;/h6-9,12,15-16,18,20H,10-11,13-14H2,1-5H3;9-11,14H,5-8H2,1-4H3;/q-1;;/b;12-9-;. The zero-order chi connectivity index (χ0) is 36.0. The van der Waals surface area contributed by atoms with Gasteiger partial charge in [0.15, 0.2) is 5.78 Å². The van der Waals surface area contributed by atoms with Gasteiger partial charge in [-0.25, -0.2) is 0 Å². The van der Waals surface area contributed by atoms with Crippen LogP contribution in [0.3, 0.4) is 0 Å². The van der Waals surface area contributed by atoms with Crippen LogP contribution in [0.15, 0.2) is 60.5 Å². The maximum Gasteiger partial charge on any atom is 0.162 e. The Morgan fingerprint density at radius 3 is 2.22 bits per heavy atom. The Hall–Kier alpha value is -2.85. The van der Waals surface area contributed by atoms with Gasteiger partial charge in [-0.2, -0.15) is 0 Å². The van der Waals surface area contributed by atoms with E-state index in [1.165, 1.54) is 73.8 Å². The topological polar surface area (TPSA) is 50.2 Å². The first-order valence-electron chi connectivity index (χ1n) is 19.1. The molecule has 1 saturated carbocycles. The summed E-state index contributed by atoms with van der Waals surface area (Å²) in [5.74, 6) is 1.23. The van der Waals surface area contributed by atoms with Gasteiger partial charge >= 0.3 is 0 Å². The van der Waals surface area contributed by atoms with Crippen molar-refractivity contribution >= 4 is 48.1 Å². The van der Waals surface area contributed by atoms with Crippen LogP contribution in [-0.4, -0.2) is 15.9 Å². The van der Waals surface area contributed by atoms with E-state index in [1.807, 2.05) is 45.2 Å². The first-order chi connectivity index (χ1) is 23.8. The van der Waals surface area contributed by atoms with Crippen molar-refractivity contribution in [2.45, 2.75) is 130 Å². The number of fused-ring (bicyclic) bond motifs is 6. The summed E-state index contributed by atoms with van der Waals surface area (Å²) in [4.78, 5) is 16.7. The Bertz CT molecular complexity index is 2070. The molecule has 1 fully saturated rings. The number of nitrogens with zero attached hydrogens (tertiary/aromatic N) is 1. The van der Waals surface area contributed by atoms with Crippen LogP contribution in [0.4, 0.5) is 0 Å². The van der Waals surface area contributed by atoms with Crippen molar-refractivity contribution < 1.29 is 30.0 Å². The van der Waals surface area contributed by atoms with Crippen molar-refractivity contribution in [2.75, 3.05) is 0 Å². The Balaban J connectivity index is 0.000000271. The number of hydrogen-bond acceptors (Lipinski definition) is 4. The third-order valence-corrected chi connectivity index (χ3v) is 13.0. The van der Waals surface area contributed by atoms with Crippen molar-refractivity contribution in [1.82, 2.24) is 4.98 Å². The van der Waals surface area contributed by atoms with Gasteiger partial charge < -0.3 is 5.11 Å². The maximum atomic E-state index is 11.7. The maximum absolute atomic E-state index is 11.7. The van der Waals surface area contributed by atoms with Gasteiger partial charge in [0.2, 0.25) is 0 Å². The van der Waals surface area contributed by atoms with E-state index in [0.717, 1.165) is 36.9 Å². The van der Waals surface area contributed by atoms with Crippen LogP contribution in [0.2, 0.25) is 0 Å². The molecule has 0 saturated heterocycles. The van der Waals surface area contributed by atoms with Gasteiger partial charge in [0, 0.05) is 64.7 Å². The van der Waals surface area contributed by atoms with Crippen LogP contribution >= 0.6 is 11.3 Å². The van der Waals surface area contributed by atoms with Gasteiger partial charge in [-0.3, -0.25) is 9.78 Å². The van der Waals surface area contributed by atoms with E-state index < -0.39 is 0 Å². The molecule has 0 atom stereocenters. The molecule has 1 N–H and O–H groups in total. The second kappa shape index (κ2) is 15.6. The first-order valence-corrected chi connectivity index (χ1v) is 19.9. The van der Waals surface area contributed by atoms with Crippen LogP contribution < -0.4 is 0 Å². The van der Waals surface area contributed by atoms with Crippen molar-refractivity contribution in [3.05, 3.63) is 88.8 Å².